The van der Waals surface area contributed by atoms with E-state index in [1.807, 2.05) is 6.92 Å². The number of rotatable bonds is 6. The Kier molecular flexibility index (Phi) is 6.03. The number of aliphatic hydroxyl groups is 1. The second-order valence-electron chi connectivity index (χ2n) is 3.72. The normalized spacial score (nSPS) is 15.6. The van der Waals surface area contributed by atoms with Gasteiger partial charge in [-0.1, -0.05) is 38.9 Å². The van der Waals surface area contributed by atoms with Crippen molar-refractivity contribution in [2.45, 2.75) is 51.6 Å². The van der Waals surface area contributed by atoms with Crippen LogP contribution in [0.1, 0.15) is 27.7 Å². The highest BCUT2D eigenvalue weighted by molar-refractivity contribution is 6.83. The molecule has 0 amide bonds. The summed E-state index contributed by atoms with van der Waals surface area (Å²) in [7, 11) is -1.62. The van der Waals surface area contributed by atoms with Gasteiger partial charge < -0.3 is 10.8 Å². The summed E-state index contributed by atoms with van der Waals surface area (Å²) in [6, 6.07) is 3.21. The number of nitrogens with zero attached hydrogens (tertiary/aromatic N) is 1. The fourth-order valence-corrected chi connectivity index (χ4v) is 5.29. The van der Waals surface area contributed by atoms with E-state index in [2.05, 4.69) is 25.8 Å². The van der Waals surface area contributed by atoms with Crippen molar-refractivity contribution in [3.05, 3.63) is 0 Å². The van der Waals surface area contributed by atoms with Crippen LogP contribution < -0.4 is 5.73 Å². The van der Waals surface area contributed by atoms with Gasteiger partial charge in [-0.3, -0.25) is 4.99 Å². The standard InChI is InChI=1S/C10H24N2OSi/c1-5-12-9(11)10(13)14(6-2,7-3)8-4/h10,13H,5-8H2,1-4H3,(H2,11,12). The van der Waals surface area contributed by atoms with Crippen molar-refractivity contribution in [1.29, 1.82) is 0 Å². The number of amidine groups is 1. The third-order valence-electron chi connectivity index (χ3n) is 3.31. The van der Waals surface area contributed by atoms with Gasteiger partial charge >= 0.3 is 0 Å². The molecule has 0 aliphatic carbocycles. The predicted octanol–water partition coefficient (Wildman–Crippen LogP) is 1.77. The minimum atomic E-state index is -1.62. The Morgan fingerprint density at radius 2 is 1.64 bits per heavy atom. The molecular weight excluding hydrogens is 192 g/mol. The van der Waals surface area contributed by atoms with Gasteiger partial charge in [0.05, 0.1) is 8.07 Å². The van der Waals surface area contributed by atoms with Crippen molar-refractivity contribution >= 4 is 13.9 Å². The van der Waals surface area contributed by atoms with Gasteiger partial charge in [0, 0.05) is 6.54 Å². The van der Waals surface area contributed by atoms with Crippen LogP contribution in [0.25, 0.3) is 0 Å². The Hall–Kier alpha value is -0.353. The van der Waals surface area contributed by atoms with E-state index in [-0.39, 0.29) is 0 Å². The molecule has 0 rings (SSSR count). The summed E-state index contributed by atoms with van der Waals surface area (Å²) >= 11 is 0. The van der Waals surface area contributed by atoms with Crippen molar-refractivity contribution in [2.75, 3.05) is 6.54 Å². The second-order valence-corrected chi connectivity index (χ2v) is 9.12. The minimum Gasteiger partial charge on any atom is -0.389 e. The largest absolute Gasteiger partial charge is 0.389 e. The van der Waals surface area contributed by atoms with Gasteiger partial charge in [-0.15, -0.1) is 0 Å². The SMILES string of the molecule is CCN=C(N)C(O)[Si](CC)(CC)CC. The van der Waals surface area contributed by atoms with E-state index >= 15 is 0 Å². The van der Waals surface area contributed by atoms with Crippen LogP contribution in [0.4, 0.5) is 0 Å². The third-order valence-corrected chi connectivity index (χ3v) is 8.99. The van der Waals surface area contributed by atoms with Gasteiger partial charge in [0.2, 0.25) is 0 Å². The summed E-state index contributed by atoms with van der Waals surface area (Å²) in [6.45, 7) is 9.06. The Morgan fingerprint density at radius 3 is 1.93 bits per heavy atom. The number of nitrogens with two attached hydrogens (primary N) is 1. The molecule has 0 saturated carbocycles. The molecule has 0 bridgehead atoms. The molecule has 0 heterocycles. The fourth-order valence-electron chi connectivity index (χ4n) is 1.91. The van der Waals surface area contributed by atoms with E-state index in [1.54, 1.807) is 0 Å². The van der Waals surface area contributed by atoms with Gasteiger partial charge in [-0.25, -0.2) is 0 Å². The van der Waals surface area contributed by atoms with Crippen molar-refractivity contribution in [3.63, 3.8) is 0 Å². The lowest BCUT2D eigenvalue weighted by Crippen LogP contribution is -2.53. The summed E-state index contributed by atoms with van der Waals surface area (Å²) in [5, 5.41) is 10.2. The summed E-state index contributed by atoms with van der Waals surface area (Å²) in [5.74, 6) is 0.449. The molecule has 0 aromatic carbocycles. The van der Waals surface area contributed by atoms with Crippen molar-refractivity contribution < 1.29 is 5.11 Å². The summed E-state index contributed by atoms with van der Waals surface area (Å²) < 4.78 is 0. The molecule has 0 fully saturated rings. The quantitative estimate of drug-likeness (QED) is 0.404. The lowest BCUT2D eigenvalue weighted by atomic mass is 10.6. The van der Waals surface area contributed by atoms with Crippen LogP contribution in [0.15, 0.2) is 4.99 Å². The van der Waals surface area contributed by atoms with Gasteiger partial charge in [0.1, 0.15) is 11.6 Å². The van der Waals surface area contributed by atoms with Crippen LogP contribution in [-0.2, 0) is 0 Å². The maximum absolute atomic E-state index is 10.2. The molecular formula is C10H24N2OSi. The van der Waals surface area contributed by atoms with Crippen LogP contribution in [0.2, 0.25) is 18.1 Å². The molecule has 0 aromatic heterocycles. The Balaban J connectivity index is 4.75. The van der Waals surface area contributed by atoms with E-state index in [9.17, 15) is 5.11 Å². The highest BCUT2D eigenvalue weighted by Crippen LogP contribution is 2.24. The molecule has 3 nitrogen and oxygen atoms in total. The number of aliphatic hydroxyl groups excluding tert-OH is 1. The predicted molar refractivity (Wildman–Crippen MR) is 65.4 cm³/mol. The number of hydrogen-bond acceptors (Lipinski definition) is 2. The first-order valence-corrected chi connectivity index (χ1v) is 8.25. The second kappa shape index (κ2) is 6.19. The molecule has 1 atom stereocenters. The molecule has 0 aliphatic heterocycles. The smallest absolute Gasteiger partial charge is 0.119 e. The molecule has 4 heteroatoms. The van der Waals surface area contributed by atoms with Crippen LogP contribution in [0.3, 0.4) is 0 Å². The fraction of sp³-hybridized carbons (Fsp3) is 0.900. The van der Waals surface area contributed by atoms with Gasteiger partial charge in [0.25, 0.3) is 0 Å². The van der Waals surface area contributed by atoms with Crippen molar-refractivity contribution in [2.24, 2.45) is 10.7 Å². The van der Waals surface area contributed by atoms with E-state index in [1.165, 1.54) is 0 Å². The molecule has 84 valence electrons. The summed E-state index contributed by atoms with van der Waals surface area (Å²) in [6.07, 6.45) is 0. The Labute approximate surface area is 88.4 Å². The Morgan fingerprint density at radius 1 is 1.21 bits per heavy atom. The molecule has 3 N–H and O–H groups in total. The van der Waals surface area contributed by atoms with Crippen molar-refractivity contribution in [3.8, 4) is 0 Å². The van der Waals surface area contributed by atoms with Crippen LogP contribution in [0, 0.1) is 0 Å². The van der Waals surface area contributed by atoms with Crippen LogP contribution >= 0.6 is 0 Å². The molecule has 0 aromatic rings. The molecule has 0 spiro atoms. The lowest BCUT2D eigenvalue weighted by Gasteiger charge is -2.32. The minimum absolute atomic E-state index is 0.449. The summed E-state index contributed by atoms with van der Waals surface area (Å²) in [4.78, 5) is 4.11. The monoisotopic (exact) mass is 216 g/mol. The molecule has 0 saturated heterocycles. The van der Waals surface area contributed by atoms with Gasteiger partial charge in [0.15, 0.2) is 0 Å². The molecule has 14 heavy (non-hydrogen) atoms. The maximum Gasteiger partial charge on any atom is 0.119 e. The molecule has 0 aliphatic rings. The highest BCUT2D eigenvalue weighted by atomic mass is 28.3. The zero-order valence-corrected chi connectivity index (χ0v) is 10.9. The van der Waals surface area contributed by atoms with E-state index in [4.69, 9.17) is 5.73 Å². The summed E-state index contributed by atoms with van der Waals surface area (Å²) in [5.41, 5.74) is 5.32. The average molecular weight is 216 g/mol. The van der Waals surface area contributed by atoms with Crippen LogP contribution in [-0.4, -0.2) is 31.3 Å². The Bertz CT molecular complexity index is 182. The van der Waals surface area contributed by atoms with Gasteiger partial charge in [-0.05, 0) is 6.92 Å². The highest BCUT2D eigenvalue weighted by Gasteiger charge is 2.37. The first-order chi connectivity index (χ1) is 6.57. The van der Waals surface area contributed by atoms with E-state index in [0.717, 1.165) is 18.1 Å². The van der Waals surface area contributed by atoms with Crippen molar-refractivity contribution in [1.82, 2.24) is 0 Å². The van der Waals surface area contributed by atoms with Gasteiger partial charge in [-0.2, -0.15) is 0 Å². The molecule has 0 radical (unpaired) electrons. The van der Waals surface area contributed by atoms with E-state index < -0.39 is 13.8 Å². The van der Waals surface area contributed by atoms with E-state index in [0.29, 0.717) is 12.4 Å². The molecule has 1 unspecified atom stereocenters. The number of aliphatic imine (C=N–C) groups is 1. The maximum atomic E-state index is 10.2. The first kappa shape index (κ1) is 13.6. The number of hydrogen-bond donors (Lipinski definition) is 2. The van der Waals surface area contributed by atoms with Crippen LogP contribution in [0.5, 0.6) is 0 Å². The topological polar surface area (TPSA) is 58.6 Å². The average Bonchev–Trinajstić information content (AvgIpc) is 2.21. The lowest BCUT2D eigenvalue weighted by molar-refractivity contribution is 0.302. The zero-order valence-electron chi connectivity index (χ0n) is 9.88. The first-order valence-electron chi connectivity index (χ1n) is 5.55. The zero-order chi connectivity index (χ0) is 11.2. The third kappa shape index (κ3) is 2.82.